The Morgan fingerprint density at radius 1 is 1.50 bits per heavy atom. The first kappa shape index (κ1) is 11.5. The van der Waals surface area contributed by atoms with Gasteiger partial charge in [-0.2, -0.15) is 0 Å². The van der Waals surface area contributed by atoms with Crippen molar-refractivity contribution < 1.29 is 4.79 Å². The average molecular weight is 197 g/mol. The van der Waals surface area contributed by atoms with Crippen molar-refractivity contribution in [3.05, 3.63) is 0 Å². The van der Waals surface area contributed by atoms with E-state index < -0.39 is 0 Å². The fourth-order valence-electron chi connectivity index (χ4n) is 2.35. The highest BCUT2D eigenvalue weighted by Crippen LogP contribution is 2.35. The standard InChI is InChI=1S/C12H23NO/c1-4-6-11(14)13-10-7-5-8-12(2,3)9-10/h10H,4-9H2,1-3H3,(H,13,14). The smallest absolute Gasteiger partial charge is 0.220 e. The molecule has 1 atom stereocenters. The van der Waals surface area contributed by atoms with E-state index in [-0.39, 0.29) is 5.91 Å². The minimum absolute atomic E-state index is 0.232. The van der Waals surface area contributed by atoms with Crippen LogP contribution < -0.4 is 5.32 Å². The SMILES string of the molecule is CCCC(=O)NC1CCCC(C)(C)C1. The maximum absolute atomic E-state index is 11.4. The van der Waals surface area contributed by atoms with Crippen LogP contribution in [0.2, 0.25) is 0 Å². The molecule has 1 rings (SSSR count). The predicted molar refractivity (Wildman–Crippen MR) is 59.1 cm³/mol. The molecule has 1 aliphatic carbocycles. The molecule has 0 aromatic carbocycles. The second kappa shape index (κ2) is 4.81. The second-order valence-corrected chi connectivity index (χ2v) is 5.28. The molecule has 2 heteroatoms. The Morgan fingerprint density at radius 3 is 2.79 bits per heavy atom. The van der Waals surface area contributed by atoms with E-state index in [1.54, 1.807) is 0 Å². The highest BCUT2D eigenvalue weighted by Gasteiger charge is 2.28. The van der Waals surface area contributed by atoms with Gasteiger partial charge in [-0.05, 0) is 31.1 Å². The van der Waals surface area contributed by atoms with E-state index in [9.17, 15) is 4.79 Å². The van der Waals surface area contributed by atoms with Crippen LogP contribution in [0, 0.1) is 5.41 Å². The van der Waals surface area contributed by atoms with Crippen molar-refractivity contribution in [1.82, 2.24) is 5.32 Å². The van der Waals surface area contributed by atoms with Crippen molar-refractivity contribution >= 4 is 5.91 Å². The van der Waals surface area contributed by atoms with E-state index in [1.807, 2.05) is 6.92 Å². The summed E-state index contributed by atoms with van der Waals surface area (Å²) in [6, 6.07) is 0.429. The summed E-state index contributed by atoms with van der Waals surface area (Å²) in [6.07, 6.45) is 6.48. The summed E-state index contributed by atoms with van der Waals surface area (Å²) >= 11 is 0. The molecular formula is C12H23NO. The lowest BCUT2D eigenvalue weighted by molar-refractivity contribution is -0.122. The zero-order valence-corrected chi connectivity index (χ0v) is 9.73. The maximum atomic E-state index is 11.4. The molecule has 1 saturated carbocycles. The van der Waals surface area contributed by atoms with Gasteiger partial charge in [0.25, 0.3) is 0 Å². The van der Waals surface area contributed by atoms with Gasteiger partial charge < -0.3 is 5.32 Å². The Morgan fingerprint density at radius 2 is 2.21 bits per heavy atom. The van der Waals surface area contributed by atoms with Crippen LogP contribution in [0.25, 0.3) is 0 Å². The van der Waals surface area contributed by atoms with Gasteiger partial charge in [-0.1, -0.05) is 27.2 Å². The summed E-state index contributed by atoms with van der Waals surface area (Å²) in [5, 5.41) is 3.14. The van der Waals surface area contributed by atoms with Gasteiger partial charge in [0.15, 0.2) is 0 Å². The molecule has 0 aromatic rings. The number of hydrogen-bond acceptors (Lipinski definition) is 1. The molecule has 1 amide bonds. The van der Waals surface area contributed by atoms with E-state index in [2.05, 4.69) is 19.2 Å². The quantitative estimate of drug-likeness (QED) is 0.740. The van der Waals surface area contributed by atoms with Crippen LogP contribution >= 0.6 is 0 Å². The molecule has 2 nitrogen and oxygen atoms in total. The summed E-state index contributed by atoms with van der Waals surface area (Å²) in [5.41, 5.74) is 0.419. The van der Waals surface area contributed by atoms with Crippen LogP contribution in [0.3, 0.4) is 0 Å². The third-order valence-corrected chi connectivity index (χ3v) is 3.05. The molecule has 0 spiro atoms. The van der Waals surface area contributed by atoms with Crippen LogP contribution in [0.15, 0.2) is 0 Å². The van der Waals surface area contributed by atoms with E-state index in [0.29, 0.717) is 17.9 Å². The zero-order valence-electron chi connectivity index (χ0n) is 9.73. The third-order valence-electron chi connectivity index (χ3n) is 3.05. The zero-order chi connectivity index (χ0) is 10.6. The number of rotatable bonds is 3. The summed E-state index contributed by atoms with van der Waals surface area (Å²) in [6.45, 7) is 6.64. The Balaban J connectivity index is 2.34. The number of hydrogen-bond donors (Lipinski definition) is 1. The number of amides is 1. The molecule has 0 bridgehead atoms. The molecular weight excluding hydrogens is 174 g/mol. The summed E-state index contributed by atoms with van der Waals surface area (Å²) < 4.78 is 0. The van der Waals surface area contributed by atoms with Gasteiger partial charge in [0.2, 0.25) is 5.91 Å². The van der Waals surface area contributed by atoms with Crippen LogP contribution in [0.4, 0.5) is 0 Å². The molecule has 1 unspecified atom stereocenters. The van der Waals surface area contributed by atoms with Crippen molar-refractivity contribution in [3.63, 3.8) is 0 Å². The van der Waals surface area contributed by atoms with Gasteiger partial charge in [0.05, 0.1) is 0 Å². The van der Waals surface area contributed by atoms with Crippen molar-refractivity contribution in [2.75, 3.05) is 0 Å². The van der Waals surface area contributed by atoms with Gasteiger partial charge in [-0.25, -0.2) is 0 Å². The largest absolute Gasteiger partial charge is 0.353 e. The number of carbonyl (C=O) groups is 1. The Labute approximate surface area is 87.5 Å². The predicted octanol–water partition coefficient (Wildman–Crippen LogP) is 2.87. The lowest BCUT2D eigenvalue weighted by atomic mass is 9.75. The molecule has 14 heavy (non-hydrogen) atoms. The monoisotopic (exact) mass is 197 g/mol. The summed E-state index contributed by atoms with van der Waals surface area (Å²) in [7, 11) is 0. The van der Waals surface area contributed by atoms with Crippen LogP contribution in [-0.2, 0) is 4.79 Å². The molecule has 82 valence electrons. The first-order valence-electron chi connectivity index (χ1n) is 5.83. The second-order valence-electron chi connectivity index (χ2n) is 5.28. The maximum Gasteiger partial charge on any atom is 0.220 e. The molecule has 1 fully saturated rings. The Bertz CT molecular complexity index is 198. The number of nitrogens with one attached hydrogen (secondary N) is 1. The fraction of sp³-hybridized carbons (Fsp3) is 0.917. The first-order valence-corrected chi connectivity index (χ1v) is 5.83. The van der Waals surface area contributed by atoms with Gasteiger partial charge >= 0.3 is 0 Å². The minimum atomic E-state index is 0.232. The van der Waals surface area contributed by atoms with E-state index in [0.717, 1.165) is 12.8 Å². The molecule has 0 saturated heterocycles. The minimum Gasteiger partial charge on any atom is -0.353 e. The normalized spacial score (nSPS) is 25.8. The van der Waals surface area contributed by atoms with Crippen LogP contribution in [-0.4, -0.2) is 11.9 Å². The Kier molecular flexibility index (Phi) is 3.97. The topological polar surface area (TPSA) is 29.1 Å². The lowest BCUT2D eigenvalue weighted by Crippen LogP contribution is -2.40. The van der Waals surface area contributed by atoms with E-state index in [1.165, 1.54) is 19.3 Å². The van der Waals surface area contributed by atoms with Gasteiger partial charge in [0, 0.05) is 12.5 Å². The van der Waals surface area contributed by atoms with Gasteiger partial charge in [-0.3, -0.25) is 4.79 Å². The first-order chi connectivity index (χ1) is 6.53. The van der Waals surface area contributed by atoms with E-state index >= 15 is 0 Å². The third kappa shape index (κ3) is 3.69. The molecule has 0 heterocycles. The van der Waals surface area contributed by atoms with Gasteiger partial charge in [0.1, 0.15) is 0 Å². The Hall–Kier alpha value is -0.530. The fourth-order valence-corrected chi connectivity index (χ4v) is 2.35. The molecule has 0 radical (unpaired) electrons. The molecule has 0 aliphatic heterocycles. The average Bonchev–Trinajstić information content (AvgIpc) is 2.02. The highest BCUT2D eigenvalue weighted by molar-refractivity contribution is 5.76. The molecule has 0 aromatic heterocycles. The summed E-state index contributed by atoms with van der Waals surface area (Å²) in [4.78, 5) is 11.4. The van der Waals surface area contributed by atoms with E-state index in [4.69, 9.17) is 0 Å². The van der Waals surface area contributed by atoms with Gasteiger partial charge in [-0.15, -0.1) is 0 Å². The number of carbonyl (C=O) groups excluding carboxylic acids is 1. The highest BCUT2D eigenvalue weighted by atomic mass is 16.1. The van der Waals surface area contributed by atoms with Crippen LogP contribution in [0.5, 0.6) is 0 Å². The molecule has 1 N–H and O–H groups in total. The summed E-state index contributed by atoms with van der Waals surface area (Å²) in [5.74, 6) is 0.232. The lowest BCUT2D eigenvalue weighted by Gasteiger charge is -2.35. The van der Waals surface area contributed by atoms with Crippen molar-refractivity contribution in [1.29, 1.82) is 0 Å². The van der Waals surface area contributed by atoms with Crippen molar-refractivity contribution in [2.24, 2.45) is 5.41 Å². The molecule has 1 aliphatic rings. The van der Waals surface area contributed by atoms with Crippen molar-refractivity contribution in [3.8, 4) is 0 Å². The van der Waals surface area contributed by atoms with Crippen LogP contribution in [0.1, 0.15) is 59.3 Å². The van der Waals surface area contributed by atoms with Crippen molar-refractivity contribution in [2.45, 2.75) is 65.3 Å².